The van der Waals surface area contributed by atoms with E-state index in [9.17, 15) is 0 Å². The molecule has 1 unspecified atom stereocenters. The molecule has 0 amide bonds. The van der Waals surface area contributed by atoms with E-state index in [1.807, 2.05) is 11.6 Å². The van der Waals surface area contributed by atoms with Crippen LogP contribution in [-0.2, 0) is 0 Å². The van der Waals surface area contributed by atoms with E-state index in [-0.39, 0.29) is 0 Å². The monoisotopic (exact) mass is 302 g/mol. The van der Waals surface area contributed by atoms with Crippen LogP contribution in [-0.4, -0.2) is 42.6 Å². The highest BCUT2D eigenvalue weighted by Gasteiger charge is 2.25. The topological polar surface area (TPSA) is 45.4 Å². The number of piperazine rings is 1. The maximum atomic E-state index is 6.05. The highest BCUT2D eigenvalue weighted by molar-refractivity contribution is 7.13. The van der Waals surface area contributed by atoms with Crippen molar-refractivity contribution >= 4 is 16.5 Å². The van der Waals surface area contributed by atoms with E-state index in [0.717, 1.165) is 31.3 Å². The van der Waals surface area contributed by atoms with Crippen molar-refractivity contribution in [3.8, 4) is 0 Å². The molecular formula is C16H22N4S. The lowest BCUT2D eigenvalue weighted by Gasteiger charge is -2.39. The van der Waals surface area contributed by atoms with Crippen molar-refractivity contribution in [3.63, 3.8) is 0 Å². The van der Waals surface area contributed by atoms with Crippen molar-refractivity contribution in [2.75, 3.05) is 37.6 Å². The Kier molecular flexibility index (Phi) is 4.53. The molecule has 4 nitrogen and oxygen atoms in total. The van der Waals surface area contributed by atoms with E-state index < -0.39 is 0 Å². The van der Waals surface area contributed by atoms with Crippen molar-refractivity contribution in [3.05, 3.63) is 47.0 Å². The van der Waals surface area contributed by atoms with Gasteiger partial charge in [0.1, 0.15) is 0 Å². The molecule has 2 heterocycles. The Morgan fingerprint density at radius 3 is 2.71 bits per heavy atom. The summed E-state index contributed by atoms with van der Waals surface area (Å²) in [6, 6.07) is 9.03. The van der Waals surface area contributed by atoms with Gasteiger partial charge in [-0.2, -0.15) is 0 Å². The summed E-state index contributed by atoms with van der Waals surface area (Å²) in [5, 5.41) is 3.17. The summed E-state index contributed by atoms with van der Waals surface area (Å²) < 4.78 is 0. The molecule has 5 heteroatoms. The molecule has 1 atom stereocenters. The van der Waals surface area contributed by atoms with Gasteiger partial charge in [0, 0.05) is 50.3 Å². The molecule has 0 spiro atoms. The molecule has 0 radical (unpaired) electrons. The van der Waals surface area contributed by atoms with Gasteiger partial charge in [-0.05, 0) is 12.5 Å². The summed E-state index contributed by atoms with van der Waals surface area (Å²) in [7, 11) is 0. The normalized spacial score (nSPS) is 17.9. The number of nitrogens with zero attached hydrogens (tertiary/aromatic N) is 3. The number of hydrogen-bond acceptors (Lipinski definition) is 5. The molecule has 2 N–H and O–H groups in total. The van der Waals surface area contributed by atoms with Crippen LogP contribution in [0.15, 0.2) is 35.8 Å². The van der Waals surface area contributed by atoms with Crippen LogP contribution in [0.3, 0.4) is 0 Å². The average molecular weight is 302 g/mol. The molecule has 2 aromatic rings. The van der Waals surface area contributed by atoms with Gasteiger partial charge in [0.25, 0.3) is 0 Å². The van der Waals surface area contributed by atoms with E-state index in [4.69, 9.17) is 5.73 Å². The summed E-state index contributed by atoms with van der Waals surface area (Å²) in [6.07, 6.45) is 1.88. The fraction of sp³-hybridized carbons (Fsp3) is 0.438. The highest BCUT2D eigenvalue weighted by atomic mass is 32.1. The number of anilines is 1. The van der Waals surface area contributed by atoms with Crippen LogP contribution in [0.2, 0.25) is 0 Å². The summed E-state index contributed by atoms with van der Waals surface area (Å²) >= 11 is 1.71. The number of rotatable bonds is 4. The maximum absolute atomic E-state index is 6.05. The summed E-state index contributed by atoms with van der Waals surface area (Å²) in [5.74, 6) is 0. The zero-order chi connectivity index (χ0) is 14.7. The minimum absolute atomic E-state index is 0.323. The van der Waals surface area contributed by atoms with Crippen molar-refractivity contribution in [1.82, 2.24) is 9.88 Å². The Morgan fingerprint density at radius 2 is 2.10 bits per heavy atom. The smallest absolute Gasteiger partial charge is 0.185 e. The molecule has 1 saturated heterocycles. The lowest BCUT2D eigenvalue weighted by molar-refractivity contribution is 0.190. The number of benzene rings is 1. The molecule has 1 fully saturated rings. The van der Waals surface area contributed by atoms with Gasteiger partial charge in [-0.15, -0.1) is 11.3 Å². The first-order valence-corrected chi connectivity index (χ1v) is 8.31. The third-order valence-corrected chi connectivity index (χ3v) is 4.93. The van der Waals surface area contributed by atoms with Crippen LogP contribution >= 0.6 is 11.3 Å². The summed E-state index contributed by atoms with van der Waals surface area (Å²) in [5.41, 5.74) is 8.68. The molecule has 0 aliphatic carbocycles. The van der Waals surface area contributed by atoms with Crippen LogP contribution < -0.4 is 10.6 Å². The molecule has 1 aromatic carbocycles. The van der Waals surface area contributed by atoms with E-state index in [0.29, 0.717) is 12.6 Å². The molecule has 1 aliphatic rings. The van der Waals surface area contributed by atoms with Crippen molar-refractivity contribution < 1.29 is 0 Å². The predicted molar refractivity (Wildman–Crippen MR) is 88.9 cm³/mol. The lowest BCUT2D eigenvalue weighted by atomic mass is 10.0. The predicted octanol–water partition coefficient (Wildman–Crippen LogP) is 2.27. The molecule has 0 bridgehead atoms. The second kappa shape index (κ2) is 6.56. The second-order valence-corrected chi connectivity index (χ2v) is 6.38. The standard InChI is InChI=1S/C16H22N4S/c1-13-3-2-4-14(11-13)15(12-17)19-6-8-20(9-7-19)16-18-5-10-21-16/h2-5,10-11,15H,6-9,12,17H2,1H3. The Labute approximate surface area is 130 Å². The molecule has 1 aliphatic heterocycles. The first-order valence-electron chi connectivity index (χ1n) is 7.43. The molecule has 1 aromatic heterocycles. The van der Waals surface area contributed by atoms with Gasteiger partial charge < -0.3 is 10.6 Å². The summed E-state index contributed by atoms with van der Waals surface area (Å²) in [4.78, 5) is 9.27. The molecule has 3 rings (SSSR count). The number of aromatic nitrogens is 1. The zero-order valence-corrected chi connectivity index (χ0v) is 13.2. The average Bonchev–Trinajstić information content (AvgIpc) is 3.03. The first-order chi connectivity index (χ1) is 10.3. The van der Waals surface area contributed by atoms with E-state index >= 15 is 0 Å². The summed E-state index contributed by atoms with van der Waals surface area (Å²) in [6.45, 7) is 6.93. The Morgan fingerprint density at radius 1 is 1.29 bits per heavy atom. The Hall–Kier alpha value is -1.43. The number of aryl methyl sites for hydroxylation is 1. The fourth-order valence-electron chi connectivity index (χ4n) is 2.97. The minimum atomic E-state index is 0.323. The third kappa shape index (κ3) is 3.26. The Bertz CT molecular complexity index is 561. The number of nitrogens with two attached hydrogens (primary N) is 1. The third-order valence-electron chi connectivity index (χ3n) is 4.10. The van der Waals surface area contributed by atoms with Crippen molar-refractivity contribution in [1.29, 1.82) is 0 Å². The number of hydrogen-bond donors (Lipinski definition) is 1. The van der Waals surface area contributed by atoms with Gasteiger partial charge >= 0.3 is 0 Å². The molecule has 0 saturated carbocycles. The van der Waals surface area contributed by atoms with Crippen LogP contribution in [0.1, 0.15) is 17.2 Å². The van der Waals surface area contributed by atoms with Gasteiger partial charge in [-0.3, -0.25) is 4.90 Å². The van der Waals surface area contributed by atoms with Crippen LogP contribution in [0.4, 0.5) is 5.13 Å². The molecule has 112 valence electrons. The van der Waals surface area contributed by atoms with Gasteiger partial charge in [0.15, 0.2) is 5.13 Å². The lowest BCUT2D eigenvalue weighted by Crippen LogP contribution is -2.49. The highest BCUT2D eigenvalue weighted by Crippen LogP contribution is 2.25. The Balaban J connectivity index is 1.67. The van der Waals surface area contributed by atoms with Crippen LogP contribution in [0, 0.1) is 6.92 Å². The zero-order valence-electron chi connectivity index (χ0n) is 12.4. The quantitative estimate of drug-likeness (QED) is 0.941. The molecule has 21 heavy (non-hydrogen) atoms. The first kappa shape index (κ1) is 14.5. The van der Waals surface area contributed by atoms with Gasteiger partial charge in [0.05, 0.1) is 0 Å². The largest absolute Gasteiger partial charge is 0.346 e. The second-order valence-electron chi connectivity index (χ2n) is 5.50. The number of thiazole rings is 1. The van der Waals surface area contributed by atoms with Gasteiger partial charge in [-0.25, -0.2) is 4.98 Å². The fourth-order valence-corrected chi connectivity index (χ4v) is 3.67. The van der Waals surface area contributed by atoms with Gasteiger partial charge in [0.2, 0.25) is 0 Å². The maximum Gasteiger partial charge on any atom is 0.185 e. The van der Waals surface area contributed by atoms with Crippen LogP contribution in [0.25, 0.3) is 0 Å². The van der Waals surface area contributed by atoms with Crippen molar-refractivity contribution in [2.45, 2.75) is 13.0 Å². The SMILES string of the molecule is Cc1cccc(C(CN)N2CCN(c3nccs3)CC2)c1. The van der Waals surface area contributed by atoms with E-state index in [1.54, 1.807) is 11.3 Å². The minimum Gasteiger partial charge on any atom is -0.346 e. The molecular weight excluding hydrogens is 280 g/mol. The van der Waals surface area contributed by atoms with E-state index in [1.165, 1.54) is 11.1 Å². The van der Waals surface area contributed by atoms with Crippen LogP contribution in [0.5, 0.6) is 0 Å². The van der Waals surface area contributed by atoms with Gasteiger partial charge in [-0.1, -0.05) is 29.8 Å². The van der Waals surface area contributed by atoms with Crippen molar-refractivity contribution in [2.24, 2.45) is 5.73 Å². The van der Waals surface area contributed by atoms with E-state index in [2.05, 4.69) is 46.0 Å².